The third-order valence-corrected chi connectivity index (χ3v) is 7.14. The third-order valence-electron chi connectivity index (χ3n) is 6.61. The molecule has 2 heterocycles. The van der Waals surface area contributed by atoms with Gasteiger partial charge >= 0.3 is 0 Å². The van der Waals surface area contributed by atoms with Crippen molar-refractivity contribution >= 4 is 27.7 Å². The highest BCUT2D eigenvalue weighted by atomic mass is 79.9. The number of carbonyl (C=O) groups excluding carboxylic acids is 2. The van der Waals surface area contributed by atoms with Crippen LogP contribution in [-0.4, -0.2) is 45.6 Å². The summed E-state index contributed by atoms with van der Waals surface area (Å²) in [6.45, 7) is 4.99. The average molecular weight is 487 g/mol. The van der Waals surface area contributed by atoms with E-state index in [0.29, 0.717) is 24.7 Å². The number of nitrogens with one attached hydrogen (secondary N) is 1. The average Bonchev–Trinajstić information content (AvgIpc) is 3.08. The maximum Gasteiger partial charge on any atom is 0.257 e. The first-order valence-electron chi connectivity index (χ1n) is 11.4. The molecule has 7 heteroatoms. The Labute approximate surface area is 192 Å². The van der Waals surface area contributed by atoms with Gasteiger partial charge in [0.25, 0.3) is 5.91 Å². The van der Waals surface area contributed by atoms with E-state index < -0.39 is 0 Å². The largest absolute Gasteiger partial charge is 0.353 e. The summed E-state index contributed by atoms with van der Waals surface area (Å²) in [6.07, 6.45) is 7.52. The molecule has 2 fully saturated rings. The van der Waals surface area contributed by atoms with Crippen molar-refractivity contribution in [3.05, 3.63) is 45.7 Å². The summed E-state index contributed by atoms with van der Waals surface area (Å²) in [5.41, 5.74) is 3.13. The van der Waals surface area contributed by atoms with Gasteiger partial charge in [0.2, 0.25) is 5.91 Å². The number of carbonyl (C=O) groups is 2. The van der Waals surface area contributed by atoms with E-state index in [1.165, 1.54) is 19.3 Å². The number of piperidine rings is 1. The van der Waals surface area contributed by atoms with E-state index in [-0.39, 0.29) is 17.7 Å². The minimum absolute atomic E-state index is 0.0199. The van der Waals surface area contributed by atoms with E-state index in [4.69, 9.17) is 0 Å². The number of benzene rings is 1. The van der Waals surface area contributed by atoms with Gasteiger partial charge in [-0.2, -0.15) is 5.10 Å². The minimum Gasteiger partial charge on any atom is -0.353 e. The number of amides is 2. The number of rotatable bonds is 4. The van der Waals surface area contributed by atoms with E-state index in [1.807, 2.05) is 47.7 Å². The van der Waals surface area contributed by atoms with Crippen LogP contribution in [0.4, 0.5) is 0 Å². The lowest BCUT2D eigenvalue weighted by molar-refractivity contribution is -0.127. The van der Waals surface area contributed by atoms with Crippen LogP contribution in [0.25, 0.3) is 5.69 Å². The number of nitrogens with zero attached hydrogens (tertiary/aromatic N) is 3. The van der Waals surface area contributed by atoms with Crippen molar-refractivity contribution in [1.29, 1.82) is 0 Å². The molecule has 1 aliphatic heterocycles. The van der Waals surface area contributed by atoms with Crippen molar-refractivity contribution in [3.8, 4) is 5.69 Å². The summed E-state index contributed by atoms with van der Waals surface area (Å²) in [6, 6.07) is 8.19. The van der Waals surface area contributed by atoms with Crippen molar-refractivity contribution in [2.24, 2.45) is 5.92 Å². The number of hydrogen-bond donors (Lipinski definition) is 1. The van der Waals surface area contributed by atoms with Crippen molar-refractivity contribution in [2.75, 3.05) is 13.1 Å². The van der Waals surface area contributed by atoms with Crippen molar-refractivity contribution < 1.29 is 9.59 Å². The molecule has 1 aromatic carbocycles. The molecule has 1 saturated carbocycles. The molecule has 166 valence electrons. The second-order valence-corrected chi connectivity index (χ2v) is 9.78. The van der Waals surface area contributed by atoms with Crippen molar-refractivity contribution in [2.45, 2.75) is 64.8 Å². The maximum absolute atomic E-state index is 13.4. The molecule has 1 N–H and O–H groups in total. The highest BCUT2D eigenvalue weighted by Gasteiger charge is 2.32. The topological polar surface area (TPSA) is 67.2 Å². The quantitative estimate of drug-likeness (QED) is 0.688. The lowest BCUT2D eigenvalue weighted by Gasteiger charge is -2.33. The van der Waals surface area contributed by atoms with E-state index in [2.05, 4.69) is 26.3 Å². The zero-order valence-corrected chi connectivity index (χ0v) is 20.0. The second kappa shape index (κ2) is 9.55. The smallest absolute Gasteiger partial charge is 0.257 e. The van der Waals surface area contributed by atoms with Crippen LogP contribution in [0, 0.1) is 19.8 Å². The predicted molar refractivity (Wildman–Crippen MR) is 124 cm³/mol. The molecule has 1 saturated heterocycles. The molecule has 2 aliphatic rings. The third kappa shape index (κ3) is 4.86. The van der Waals surface area contributed by atoms with Gasteiger partial charge in [0.1, 0.15) is 0 Å². The summed E-state index contributed by atoms with van der Waals surface area (Å²) in [7, 11) is 0. The fourth-order valence-corrected chi connectivity index (χ4v) is 5.15. The van der Waals surface area contributed by atoms with E-state index in [1.54, 1.807) is 0 Å². The molecule has 0 radical (unpaired) electrons. The van der Waals surface area contributed by atoms with Crippen LogP contribution in [0.5, 0.6) is 0 Å². The van der Waals surface area contributed by atoms with Gasteiger partial charge in [0, 0.05) is 23.6 Å². The van der Waals surface area contributed by atoms with Crippen LogP contribution < -0.4 is 5.32 Å². The molecule has 1 atom stereocenters. The first-order valence-corrected chi connectivity index (χ1v) is 12.1. The Hall–Kier alpha value is -2.15. The monoisotopic (exact) mass is 486 g/mol. The minimum atomic E-state index is -0.123. The van der Waals surface area contributed by atoms with Crippen LogP contribution in [0.2, 0.25) is 0 Å². The lowest BCUT2D eigenvalue weighted by Crippen LogP contribution is -2.48. The van der Waals surface area contributed by atoms with Crippen LogP contribution in [0.3, 0.4) is 0 Å². The van der Waals surface area contributed by atoms with Crippen molar-refractivity contribution in [1.82, 2.24) is 20.0 Å². The molecule has 4 rings (SSSR count). The number of hydrogen-bond acceptors (Lipinski definition) is 3. The summed E-state index contributed by atoms with van der Waals surface area (Å²) in [5, 5.41) is 7.88. The van der Waals surface area contributed by atoms with Gasteiger partial charge < -0.3 is 10.2 Å². The first-order chi connectivity index (χ1) is 14.9. The van der Waals surface area contributed by atoms with Gasteiger partial charge in [0.15, 0.2) is 0 Å². The molecule has 2 amide bonds. The molecule has 0 bridgehead atoms. The Bertz CT molecular complexity index is 947. The molecule has 0 spiro atoms. The molecule has 1 aliphatic carbocycles. The zero-order valence-electron chi connectivity index (χ0n) is 18.4. The summed E-state index contributed by atoms with van der Waals surface area (Å²) in [4.78, 5) is 28.1. The molecule has 2 aromatic rings. The Balaban J connectivity index is 1.47. The van der Waals surface area contributed by atoms with E-state index in [0.717, 1.165) is 47.2 Å². The number of halogens is 1. The maximum atomic E-state index is 13.4. The molecule has 1 aromatic heterocycles. The zero-order chi connectivity index (χ0) is 22.0. The lowest BCUT2D eigenvalue weighted by atomic mass is 9.92. The molecule has 1 unspecified atom stereocenters. The van der Waals surface area contributed by atoms with Crippen LogP contribution in [0.15, 0.2) is 28.7 Å². The fraction of sp³-hybridized carbons (Fsp3) is 0.542. The normalized spacial score (nSPS) is 20.0. The second-order valence-electron chi connectivity index (χ2n) is 8.87. The molecule has 6 nitrogen and oxygen atoms in total. The Morgan fingerprint density at radius 2 is 1.74 bits per heavy atom. The SMILES string of the molecule is Cc1nn(-c2ccc(Br)cc2)c(C)c1C(=O)N1CCCC(C(=O)NC2CCCCC2)C1. The molecule has 31 heavy (non-hydrogen) atoms. The number of likely N-dealkylation sites (tertiary alicyclic amines) is 1. The van der Waals surface area contributed by atoms with E-state index >= 15 is 0 Å². The Morgan fingerprint density at radius 3 is 2.45 bits per heavy atom. The summed E-state index contributed by atoms with van der Waals surface area (Å²) >= 11 is 3.46. The Morgan fingerprint density at radius 1 is 1.03 bits per heavy atom. The van der Waals surface area contributed by atoms with Crippen LogP contribution in [0.1, 0.15) is 66.7 Å². The van der Waals surface area contributed by atoms with Gasteiger partial charge in [-0.3, -0.25) is 9.59 Å². The fourth-order valence-electron chi connectivity index (χ4n) is 4.89. The van der Waals surface area contributed by atoms with Crippen LogP contribution in [-0.2, 0) is 4.79 Å². The standard InChI is InChI=1S/C24H31BrN4O2/c1-16-22(17(2)29(27-16)21-12-10-19(25)11-13-21)24(31)28-14-6-7-18(15-28)23(30)26-20-8-4-3-5-9-20/h10-13,18,20H,3-9,14-15H2,1-2H3,(H,26,30). The van der Waals surface area contributed by atoms with Gasteiger partial charge in [-0.25, -0.2) is 4.68 Å². The van der Waals surface area contributed by atoms with Gasteiger partial charge in [-0.15, -0.1) is 0 Å². The van der Waals surface area contributed by atoms with E-state index in [9.17, 15) is 9.59 Å². The van der Waals surface area contributed by atoms with Gasteiger partial charge in [-0.1, -0.05) is 35.2 Å². The molecular formula is C24H31BrN4O2. The highest BCUT2D eigenvalue weighted by Crippen LogP contribution is 2.25. The van der Waals surface area contributed by atoms with Crippen LogP contribution >= 0.6 is 15.9 Å². The first kappa shape index (κ1) is 22.1. The Kier molecular flexibility index (Phi) is 6.80. The number of aryl methyl sites for hydroxylation is 1. The van der Waals surface area contributed by atoms with Gasteiger partial charge in [-0.05, 0) is 63.8 Å². The number of aromatic nitrogens is 2. The van der Waals surface area contributed by atoms with Gasteiger partial charge in [0.05, 0.1) is 28.6 Å². The van der Waals surface area contributed by atoms with Crippen molar-refractivity contribution in [3.63, 3.8) is 0 Å². The predicted octanol–water partition coefficient (Wildman–Crippen LogP) is 4.55. The molecular weight excluding hydrogens is 456 g/mol. The summed E-state index contributed by atoms with van der Waals surface area (Å²) in [5.74, 6) is -0.0290. The summed E-state index contributed by atoms with van der Waals surface area (Å²) < 4.78 is 2.83. The highest BCUT2D eigenvalue weighted by molar-refractivity contribution is 9.10.